The Hall–Kier alpha value is -1.61. The normalized spacial score (nSPS) is 21.0. The molecule has 0 saturated carbocycles. The van der Waals surface area contributed by atoms with E-state index in [1.54, 1.807) is 0 Å². The van der Waals surface area contributed by atoms with Crippen LogP contribution in [0, 0.1) is 0 Å². The molecule has 1 fully saturated rings. The van der Waals surface area contributed by atoms with Crippen LogP contribution < -0.4 is 5.73 Å². The van der Waals surface area contributed by atoms with Gasteiger partial charge in [-0.05, 0) is 23.3 Å². The number of hydrogen-bond acceptors (Lipinski definition) is 3. The van der Waals surface area contributed by atoms with Gasteiger partial charge in [-0.25, -0.2) is 8.42 Å². The van der Waals surface area contributed by atoms with Gasteiger partial charge in [0.05, 0.1) is 11.3 Å². The van der Waals surface area contributed by atoms with Crippen LogP contribution in [0.15, 0.2) is 59.5 Å². The summed E-state index contributed by atoms with van der Waals surface area (Å²) < 4.78 is 64.2. The summed E-state index contributed by atoms with van der Waals surface area (Å²) in [6.45, 7) is 0.421. The number of nitrogens with zero attached hydrogens (tertiary/aromatic N) is 1. The highest BCUT2D eigenvalue weighted by atomic mass is 35.5. The topological polar surface area (TPSA) is 63.4 Å². The smallest absolute Gasteiger partial charge is 0.326 e. The molecule has 1 aliphatic heterocycles. The number of nitrogens with two attached hydrogens (primary N) is 1. The molecule has 1 heterocycles. The fourth-order valence-electron chi connectivity index (χ4n) is 3.20. The monoisotopic (exact) mass is 420 g/mol. The van der Waals surface area contributed by atoms with Crippen LogP contribution in [0.3, 0.4) is 0 Å². The lowest BCUT2D eigenvalue weighted by Gasteiger charge is -2.17. The van der Waals surface area contributed by atoms with Crippen LogP contribution in [0.1, 0.15) is 17.0 Å². The zero-order valence-corrected chi connectivity index (χ0v) is 15.9. The number of hydrogen-bond donors (Lipinski definition) is 1. The number of alkyl halides is 3. The first-order valence-electron chi connectivity index (χ1n) is 8.13. The molecule has 27 heavy (non-hydrogen) atoms. The van der Waals surface area contributed by atoms with Crippen LogP contribution >= 0.6 is 12.4 Å². The molecule has 0 unspecified atom stereocenters. The maximum atomic E-state index is 12.8. The van der Waals surface area contributed by atoms with Crippen molar-refractivity contribution in [2.75, 3.05) is 13.1 Å². The molecular formula is C18H20ClF3N2O2S. The van der Waals surface area contributed by atoms with Crippen LogP contribution in [0.25, 0.3) is 0 Å². The Bertz CT molecular complexity index is 858. The summed E-state index contributed by atoms with van der Waals surface area (Å²) >= 11 is 0. The number of sulfonamides is 1. The quantitative estimate of drug-likeness (QED) is 0.825. The Kier molecular flexibility index (Phi) is 6.57. The summed E-state index contributed by atoms with van der Waals surface area (Å²) in [7, 11) is -3.80. The molecule has 9 heteroatoms. The van der Waals surface area contributed by atoms with Gasteiger partial charge >= 0.3 is 6.18 Å². The second kappa shape index (κ2) is 8.18. The molecule has 0 spiro atoms. The van der Waals surface area contributed by atoms with Crippen molar-refractivity contribution in [3.63, 3.8) is 0 Å². The molecule has 2 aromatic carbocycles. The molecule has 2 atom stereocenters. The van der Waals surface area contributed by atoms with Gasteiger partial charge in [-0.15, -0.1) is 12.4 Å². The predicted molar refractivity (Wildman–Crippen MR) is 99.4 cm³/mol. The lowest BCUT2D eigenvalue weighted by atomic mass is 9.95. The van der Waals surface area contributed by atoms with E-state index in [2.05, 4.69) is 0 Å². The van der Waals surface area contributed by atoms with Crippen molar-refractivity contribution < 1.29 is 21.6 Å². The van der Waals surface area contributed by atoms with E-state index in [9.17, 15) is 21.6 Å². The van der Waals surface area contributed by atoms with Crippen molar-refractivity contribution in [3.8, 4) is 0 Å². The summed E-state index contributed by atoms with van der Waals surface area (Å²) in [5, 5.41) is 0. The van der Waals surface area contributed by atoms with Crippen molar-refractivity contribution in [1.29, 1.82) is 0 Å². The molecule has 0 radical (unpaired) electrons. The maximum absolute atomic E-state index is 12.8. The van der Waals surface area contributed by atoms with E-state index in [0.29, 0.717) is 0 Å². The average molecular weight is 421 g/mol. The van der Waals surface area contributed by atoms with E-state index in [1.165, 1.54) is 28.6 Å². The summed E-state index contributed by atoms with van der Waals surface area (Å²) in [6.07, 6.45) is -5.41. The Morgan fingerprint density at radius 3 is 2.15 bits per heavy atom. The van der Waals surface area contributed by atoms with Gasteiger partial charge in [-0.2, -0.15) is 17.5 Å². The number of halogens is 4. The SMILES string of the molecule is Cl.N[C@@H]1CN(S(=O)(=O)c2ccc(CC(F)(F)F)cc2)C[C@H]1c1ccccc1. The summed E-state index contributed by atoms with van der Waals surface area (Å²) in [5.74, 6) is -0.115. The van der Waals surface area contributed by atoms with Gasteiger partial charge in [0.15, 0.2) is 0 Å². The molecular weight excluding hydrogens is 401 g/mol. The zero-order valence-electron chi connectivity index (χ0n) is 14.3. The maximum Gasteiger partial charge on any atom is 0.393 e. The number of rotatable bonds is 4. The molecule has 0 amide bonds. The molecule has 2 aromatic rings. The highest BCUT2D eigenvalue weighted by Crippen LogP contribution is 2.31. The molecule has 0 aliphatic carbocycles. The third-order valence-electron chi connectivity index (χ3n) is 4.53. The largest absolute Gasteiger partial charge is 0.393 e. The van der Waals surface area contributed by atoms with E-state index >= 15 is 0 Å². The van der Waals surface area contributed by atoms with Gasteiger partial charge in [-0.1, -0.05) is 42.5 Å². The minimum absolute atomic E-state index is 0. The van der Waals surface area contributed by atoms with Crippen molar-refractivity contribution in [1.82, 2.24) is 4.31 Å². The number of benzene rings is 2. The van der Waals surface area contributed by atoms with Crippen LogP contribution in [0.2, 0.25) is 0 Å². The Labute approximate surface area is 162 Å². The minimum atomic E-state index is -4.33. The van der Waals surface area contributed by atoms with E-state index in [-0.39, 0.29) is 47.9 Å². The van der Waals surface area contributed by atoms with Crippen molar-refractivity contribution in [2.24, 2.45) is 5.73 Å². The Morgan fingerprint density at radius 1 is 1.00 bits per heavy atom. The zero-order chi connectivity index (χ0) is 18.9. The molecule has 3 rings (SSSR count). The van der Waals surface area contributed by atoms with Gasteiger partial charge in [0.2, 0.25) is 10.0 Å². The van der Waals surface area contributed by atoms with Gasteiger partial charge < -0.3 is 5.73 Å². The molecule has 0 aromatic heterocycles. The first kappa shape index (κ1) is 21.7. The molecule has 1 saturated heterocycles. The van der Waals surface area contributed by atoms with Gasteiger partial charge in [0, 0.05) is 25.0 Å². The highest BCUT2D eigenvalue weighted by molar-refractivity contribution is 7.89. The Balaban J connectivity index is 0.00000261. The third-order valence-corrected chi connectivity index (χ3v) is 6.37. The fourth-order valence-corrected chi connectivity index (χ4v) is 4.70. The average Bonchev–Trinajstić information content (AvgIpc) is 2.97. The lowest BCUT2D eigenvalue weighted by molar-refractivity contribution is -0.127. The Morgan fingerprint density at radius 2 is 1.59 bits per heavy atom. The molecule has 4 nitrogen and oxygen atoms in total. The van der Waals surface area contributed by atoms with Crippen LogP contribution in [-0.2, 0) is 16.4 Å². The van der Waals surface area contributed by atoms with E-state index in [4.69, 9.17) is 5.73 Å². The van der Waals surface area contributed by atoms with Crippen molar-refractivity contribution in [2.45, 2.75) is 29.5 Å². The first-order chi connectivity index (χ1) is 12.2. The van der Waals surface area contributed by atoms with Crippen LogP contribution in [-0.4, -0.2) is 38.0 Å². The second-order valence-electron chi connectivity index (χ2n) is 6.44. The first-order valence-corrected chi connectivity index (χ1v) is 9.57. The summed E-state index contributed by atoms with van der Waals surface area (Å²) in [6, 6.07) is 13.9. The van der Waals surface area contributed by atoms with Gasteiger partial charge in [0.1, 0.15) is 0 Å². The predicted octanol–water partition coefficient (Wildman–Crippen LogP) is 3.33. The standard InChI is InChI=1S/C18H19F3N2O2S.ClH/c19-18(20,21)10-13-6-8-15(9-7-13)26(24,25)23-11-16(17(22)12-23)14-4-2-1-3-5-14;/h1-9,16-17H,10-12,22H2;1H/t16-,17+;/m0./s1. The molecule has 1 aliphatic rings. The van der Waals surface area contributed by atoms with Gasteiger partial charge in [0.25, 0.3) is 0 Å². The van der Waals surface area contributed by atoms with Gasteiger partial charge in [-0.3, -0.25) is 0 Å². The molecule has 2 N–H and O–H groups in total. The van der Waals surface area contributed by atoms with Crippen molar-refractivity contribution in [3.05, 3.63) is 65.7 Å². The summed E-state index contributed by atoms with van der Waals surface area (Å²) in [5.41, 5.74) is 7.13. The van der Waals surface area contributed by atoms with E-state index < -0.39 is 22.6 Å². The van der Waals surface area contributed by atoms with Crippen LogP contribution in [0.4, 0.5) is 13.2 Å². The minimum Gasteiger partial charge on any atom is -0.326 e. The molecule has 148 valence electrons. The highest BCUT2D eigenvalue weighted by Gasteiger charge is 2.38. The van der Waals surface area contributed by atoms with E-state index in [1.807, 2.05) is 30.3 Å². The second-order valence-corrected chi connectivity index (χ2v) is 8.38. The van der Waals surface area contributed by atoms with Crippen LogP contribution in [0.5, 0.6) is 0 Å². The summed E-state index contributed by atoms with van der Waals surface area (Å²) in [4.78, 5) is -0.0238. The van der Waals surface area contributed by atoms with Crippen molar-refractivity contribution >= 4 is 22.4 Å². The fraction of sp³-hybridized carbons (Fsp3) is 0.333. The molecule has 0 bridgehead atoms. The lowest BCUT2D eigenvalue weighted by Crippen LogP contribution is -2.32. The van der Waals surface area contributed by atoms with E-state index in [0.717, 1.165) is 5.56 Å². The third kappa shape index (κ3) is 5.01.